The van der Waals surface area contributed by atoms with Crippen molar-refractivity contribution in [2.24, 2.45) is 0 Å². The van der Waals surface area contributed by atoms with Crippen LogP contribution in [0.3, 0.4) is 0 Å². The standard InChI is InChI=1S/C13H19F3N2O3/c1-9(2)18-7-10(17)6-11(18)12(19)21-5-3-4-20-8-13(14,15)16/h6-7,9H,3-5,8,17H2,1-2H3. The van der Waals surface area contributed by atoms with E-state index in [-0.39, 0.29) is 25.7 Å². The van der Waals surface area contributed by atoms with Gasteiger partial charge in [0.1, 0.15) is 12.3 Å². The molecule has 0 radical (unpaired) electrons. The topological polar surface area (TPSA) is 66.5 Å². The largest absolute Gasteiger partial charge is 0.461 e. The molecule has 0 aliphatic rings. The lowest BCUT2D eigenvalue weighted by atomic mass is 10.3. The molecule has 0 unspecified atom stereocenters. The van der Waals surface area contributed by atoms with Crippen molar-refractivity contribution in [2.75, 3.05) is 25.6 Å². The normalized spacial score (nSPS) is 11.9. The molecule has 0 fully saturated rings. The van der Waals surface area contributed by atoms with Crippen LogP contribution in [0.4, 0.5) is 18.9 Å². The lowest BCUT2D eigenvalue weighted by molar-refractivity contribution is -0.174. The van der Waals surface area contributed by atoms with E-state index in [0.717, 1.165) is 0 Å². The predicted molar refractivity (Wildman–Crippen MR) is 71.0 cm³/mol. The average molecular weight is 308 g/mol. The summed E-state index contributed by atoms with van der Waals surface area (Å²) in [7, 11) is 0. The number of anilines is 1. The maximum absolute atomic E-state index is 11.9. The quantitative estimate of drug-likeness (QED) is 0.621. The summed E-state index contributed by atoms with van der Waals surface area (Å²) >= 11 is 0. The van der Waals surface area contributed by atoms with Gasteiger partial charge in [-0.15, -0.1) is 0 Å². The van der Waals surface area contributed by atoms with E-state index < -0.39 is 18.8 Å². The van der Waals surface area contributed by atoms with Crippen LogP contribution in [0.25, 0.3) is 0 Å². The van der Waals surface area contributed by atoms with Crippen LogP contribution in [0.5, 0.6) is 0 Å². The van der Waals surface area contributed by atoms with E-state index in [1.807, 2.05) is 13.8 Å². The predicted octanol–water partition coefficient (Wildman–Crippen LogP) is 2.78. The Labute approximate surface area is 120 Å². The Kier molecular flexibility index (Phi) is 6.07. The first kappa shape index (κ1) is 17.4. The number of nitrogens with zero attached hydrogens (tertiary/aromatic N) is 1. The minimum atomic E-state index is -4.34. The number of carbonyl (C=O) groups excluding carboxylic acids is 1. The van der Waals surface area contributed by atoms with Gasteiger partial charge in [0, 0.05) is 18.7 Å². The van der Waals surface area contributed by atoms with Crippen molar-refractivity contribution in [3.05, 3.63) is 18.0 Å². The van der Waals surface area contributed by atoms with Gasteiger partial charge in [-0.25, -0.2) is 4.79 Å². The van der Waals surface area contributed by atoms with Gasteiger partial charge >= 0.3 is 12.1 Å². The fraction of sp³-hybridized carbons (Fsp3) is 0.615. The van der Waals surface area contributed by atoms with Crippen molar-refractivity contribution in [1.82, 2.24) is 4.57 Å². The minimum Gasteiger partial charge on any atom is -0.461 e. The van der Waals surface area contributed by atoms with E-state index in [2.05, 4.69) is 4.74 Å². The molecule has 0 spiro atoms. The third kappa shape index (κ3) is 6.07. The smallest absolute Gasteiger partial charge is 0.411 e. The number of esters is 1. The molecular weight excluding hydrogens is 289 g/mol. The molecule has 0 saturated carbocycles. The Morgan fingerprint density at radius 2 is 2.05 bits per heavy atom. The Morgan fingerprint density at radius 3 is 2.62 bits per heavy atom. The van der Waals surface area contributed by atoms with Crippen LogP contribution >= 0.6 is 0 Å². The van der Waals surface area contributed by atoms with E-state index >= 15 is 0 Å². The Hall–Kier alpha value is -1.70. The van der Waals surface area contributed by atoms with Crippen molar-refractivity contribution < 1.29 is 27.4 Å². The fourth-order valence-corrected chi connectivity index (χ4v) is 1.68. The SMILES string of the molecule is CC(C)n1cc(N)cc1C(=O)OCCCOCC(F)(F)F. The second-order valence-corrected chi connectivity index (χ2v) is 4.82. The Balaban J connectivity index is 2.35. The van der Waals surface area contributed by atoms with E-state index in [0.29, 0.717) is 11.4 Å². The zero-order valence-electron chi connectivity index (χ0n) is 11.9. The number of alkyl halides is 3. The summed E-state index contributed by atoms with van der Waals surface area (Å²) in [4.78, 5) is 11.9. The lowest BCUT2D eigenvalue weighted by Gasteiger charge is -2.12. The van der Waals surface area contributed by atoms with Gasteiger partial charge in [-0.05, 0) is 19.9 Å². The van der Waals surface area contributed by atoms with Crippen molar-refractivity contribution in [3.8, 4) is 0 Å². The summed E-state index contributed by atoms with van der Waals surface area (Å²) in [6.45, 7) is 2.34. The van der Waals surface area contributed by atoms with Crippen LogP contribution in [0.2, 0.25) is 0 Å². The van der Waals surface area contributed by atoms with Crippen LogP contribution in [0, 0.1) is 0 Å². The molecular formula is C13H19F3N2O3. The monoisotopic (exact) mass is 308 g/mol. The number of nitrogens with two attached hydrogens (primary N) is 1. The highest BCUT2D eigenvalue weighted by Gasteiger charge is 2.27. The van der Waals surface area contributed by atoms with Crippen molar-refractivity contribution in [3.63, 3.8) is 0 Å². The Morgan fingerprint density at radius 1 is 1.38 bits per heavy atom. The number of nitrogen functional groups attached to an aromatic ring is 1. The molecule has 0 aliphatic heterocycles. The van der Waals surface area contributed by atoms with E-state index in [1.54, 1.807) is 10.8 Å². The summed E-state index contributed by atoms with van der Waals surface area (Å²) in [6, 6.07) is 1.54. The third-order valence-corrected chi connectivity index (χ3v) is 2.57. The zero-order chi connectivity index (χ0) is 16.0. The molecule has 2 N–H and O–H groups in total. The molecule has 0 amide bonds. The van der Waals surface area contributed by atoms with Gasteiger partial charge in [-0.1, -0.05) is 0 Å². The van der Waals surface area contributed by atoms with Gasteiger partial charge in [0.25, 0.3) is 0 Å². The van der Waals surface area contributed by atoms with Gasteiger partial charge in [-0.2, -0.15) is 13.2 Å². The summed E-state index contributed by atoms with van der Waals surface area (Å²) < 4.78 is 46.5. The van der Waals surface area contributed by atoms with Crippen LogP contribution < -0.4 is 5.73 Å². The number of ether oxygens (including phenoxy) is 2. The van der Waals surface area contributed by atoms with E-state index in [4.69, 9.17) is 10.5 Å². The number of carbonyl (C=O) groups is 1. The molecule has 8 heteroatoms. The van der Waals surface area contributed by atoms with Gasteiger partial charge in [0.05, 0.1) is 18.9 Å². The lowest BCUT2D eigenvalue weighted by Crippen LogP contribution is -2.18. The Bertz CT molecular complexity index is 470. The molecule has 1 aromatic heterocycles. The van der Waals surface area contributed by atoms with Crippen molar-refractivity contribution in [1.29, 1.82) is 0 Å². The molecule has 120 valence electrons. The number of aromatic nitrogens is 1. The molecule has 1 aromatic rings. The fourth-order valence-electron chi connectivity index (χ4n) is 1.68. The van der Waals surface area contributed by atoms with Gasteiger partial charge in [0.2, 0.25) is 0 Å². The van der Waals surface area contributed by atoms with Gasteiger partial charge in [-0.3, -0.25) is 0 Å². The molecule has 0 bridgehead atoms. The minimum absolute atomic E-state index is 0.0140. The number of hydrogen-bond donors (Lipinski definition) is 1. The maximum Gasteiger partial charge on any atom is 0.411 e. The number of halogens is 3. The third-order valence-electron chi connectivity index (χ3n) is 2.57. The first-order valence-electron chi connectivity index (χ1n) is 6.49. The first-order chi connectivity index (χ1) is 9.70. The van der Waals surface area contributed by atoms with Crippen LogP contribution in [-0.4, -0.2) is 36.5 Å². The summed E-state index contributed by atoms with van der Waals surface area (Å²) in [6.07, 6.45) is -2.51. The highest BCUT2D eigenvalue weighted by atomic mass is 19.4. The average Bonchev–Trinajstić information content (AvgIpc) is 2.74. The molecule has 0 aromatic carbocycles. The zero-order valence-corrected chi connectivity index (χ0v) is 11.9. The molecule has 1 rings (SSSR count). The highest BCUT2D eigenvalue weighted by Crippen LogP contribution is 2.17. The molecule has 0 aliphatic carbocycles. The van der Waals surface area contributed by atoms with E-state index in [1.165, 1.54) is 6.07 Å². The van der Waals surface area contributed by atoms with Crippen LogP contribution in [-0.2, 0) is 9.47 Å². The molecule has 21 heavy (non-hydrogen) atoms. The summed E-state index contributed by atoms with van der Waals surface area (Å²) in [5.41, 5.74) is 6.40. The second kappa shape index (κ2) is 7.35. The van der Waals surface area contributed by atoms with Gasteiger partial charge in [0.15, 0.2) is 0 Å². The first-order valence-corrected chi connectivity index (χ1v) is 6.49. The summed E-state index contributed by atoms with van der Waals surface area (Å²) in [5, 5.41) is 0. The van der Waals surface area contributed by atoms with Crippen LogP contribution in [0.15, 0.2) is 12.3 Å². The van der Waals surface area contributed by atoms with Crippen molar-refractivity contribution in [2.45, 2.75) is 32.5 Å². The maximum atomic E-state index is 11.9. The molecule has 1 heterocycles. The van der Waals surface area contributed by atoms with Crippen LogP contribution in [0.1, 0.15) is 36.8 Å². The van der Waals surface area contributed by atoms with E-state index in [9.17, 15) is 18.0 Å². The van der Waals surface area contributed by atoms with Crippen molar-refractivity contribution >= 4 is 11.7 Å². The second-order valence-electron chi connectivity index (χ2n) is 4.82. The summed E-state index contributed by atoms with van der Waals surface area (Å²) in [5.74, 6) is -0.559. The molecule has 0 atom stereocenters. The molecule has 0 saturated heterocycles. The van der Waals surface area contributed by atoms with Gasteiger partial charge < -0.3 is 19.8 Å². The molecule has 5 nitrogen and oxygen atoms in total. The number of hydrogen-bond acceptors (Lipinski definition) is 4. The number of rotatable bonds is 7. The highest BCUT2D eigenvalue weighted by molar-refractivity contribution is 5.89.